The van der Waals surface area contributed by atoms with E-state index in [9.17, 15) is 4.80 Å². The molecule has 0 aliphatic carbocycles. The van der Waals surface area contributed by atoms with E-state index in [0.717, 1.165) is 32.0 Å². The second-order valence-electron chi connectivity index (χ2n) is 2.30. The number of rotatable bonds is 7. The van der Waals surface area contributed by atoms with E-state index in [1.54, 1.807) is 0 Å². The normalized spacial score (nSPS) is 10.4. The van der Waals surface area contributed by atoms with E-state index in [2.05, 4.69) is 5.32 Å². The molecule has 62 valence electrons. The van der Waals surface area contributed by atoms with Gasteiger partial charge in [0.05, 0.1) is 0 Å². The van der Waals surface area contributed by atoms with Crippen molar-refractivity contribution in [3.05, 3.63) is 0 Å². The Kier molecular flexibility index (Phi) is 19.7. The van der Waals surface area contributed by atoms with Crippen LogP contribution in [0.2, 0.25) is 6.04 Å². The summed E-state index contributed by atoms with van der Waals surface area (Å²) in [5, 5.41) is 3.18. The second-order valence-corrected chi connectivity index (χ2v) is 3.42. The van der Waals surface area contributed by atoms with Crippen LogP contribution in [0.15, 0.2) is 0 Å². The molecule has 0 unspecified atom stereocenters. The third kappa shape index (κ3) is 14.6. The van der Waals surface area contributed by atoms with Crippen molar-refractivity contribution in [3.8, 4) is 0 Å². The van der Waals surface area contributed by atoms with Crippen LogP contribution in [0, 0.1) is 0 Å². The number of nitrogens with two attached hydrogens (primary N) is 1. The van der Waals surface area contributed by atoms with E-state index in [1.807, 2.05) is 0 Å². The van der Waals surface area contributed by atoms with Gasteiger partial charge < -0.3 is 15.8 Å². The fourth-order valence-electron chi connectivity index (χ4n) is 0.756. The maximum absolute atomic E-state index is 10.1. The van der Waals surface area contributed by atoms with Crippen LogP contribution in [-0.2, 0) is 0 Å². The first-order valence-electron chi connectivity index (χ1n) is 3.90. The summed E-state index contributed by atoms with van der Waals surface area (Å²) >= 11 is 0. The first kappa shape index (κ1) is 15.2. The third-order valence-electron chi connectivity index (χ3n) is 1.32. The van der Waals surface area contributed by atoms with Gasteiger partial charge in [0.25, 0.3) is 0 Å². The smallest absolute Gasteiger partial charge is 0.863 e. The summed E-state index contributed by atoms with van der Waals surface area (Å²) in [6, 6.07) is 0.949. The zero-order chi connectivity index (χ0) is 7.66. The first-order chi connectivity index (χ1) is 4.91. The van der Waals surface area contributed by atoms with Crippen LogP contribution in [0.1, 0.15) is 12.8 Å². The summed E-state index contributed by atoms with van der Waals surface area (Å²) in [5.41, 5.74) is 5.26. The third-order valence-corrected chi connectivity index (χ3v) is 2.11. The maximum Gasteiger partial charge on any atom is 1.00 e. The van der Waals surface area contributed by atoms with E-state index >= 15 is 0 Å². The molecule has 0 radical (unpaired) electrons. The van der Waals surface area contributed by atoms with Gasteiger partial charge in [0.1, 0.15) is 0 Å². The van der Waals surface area contributed by atoms with E-state index in [0.29, 0.717) is 6.54 Å². The average Bonchev–Trinajstić information content (AvgIpc) is 1.97. The molecule has 0 aromatic heterocycles. The number of nitrogens with one attached hydrogen (secondary N) is 1. The van der Waals surface area contributed by atoms with Gasteiger partial charge in [-0.3, -0.25) is 0 Å². The Bertz CT molecular complexity index is 60.5. The van der Waals surface area contributed by atoms with Crippen LogP contribution in [0.3, 0.4) is 0 Å². The molecule has 0 aliphatic heterocycles. The molecular weight excluding hydrogens is 183 g/mol. The predicted octanol–water partition coefficient (Wildman–Crippen LogP) is -4.82. The minimum absolute atomic E-state index is 0. The van der Waals surface area contributed by atoms with E-state index < -0.39 is 9.76 Å². The predicted molar refractivity (Wildman–Crippen MR) is 44.5 cm³/mol. The van der Waals surface area contributed by atoms with Crippen molar-refractivity contribution in [2.24, 2.45) is 5.73 Å². The Balaban J connectivity index is 0. The van der Waals surface area contributed by atoms with Gasteiger partial charge in [-0.25, -0.2) is 0 Å². The Labute approximate surface area is 114 Å². The molecule has 0 saturated carbocycles. The van der Waals surface area contributed by atoms with Gasteiger partial charge >= 0.3 is 51.4 Å². The van der Waals surface area contributed by atoms with Crippen molar-refractivity contribution >= 4 is 9.76 Å². The first-order valence-corrected chi connectivity index (χ1v) is 5.48. The molecule has 3 N–H and O–H groups in total. The minimum Gasteiger partial charge on any atom is -0.863 e. The van der Waals surface area contributed by atoms with Crippen molar-refractivity contribution in [1.82, 2.24) is 5.32 Å². The molecule has 0 spiro atoms. The van der Waals surface area contributed by atoms with E-state index in [1.165, 1.54) is 0 Å². The molecule has 5 heteroatoms. The molecule has 0 aromatic rings. The summed E-state index contributed by atoms with van der Waals surface area (Å²) in [6.07, 6.45) is 2.24. The molecule has 0 rings (SSSR count). The van der Waals surface area contributed by atoms with Crippen LogP contribution in [0.5, 0.6) is 0 Å². The Hall–Kier alpha value is 1.73. The van der Waals surface area contributed by atoms with Crippen molar-refractivity contribution < 1.29 is 56.2 Å². The summed E-state index contributed by atoms with van der Waals surface area (Å²) in [6.45, 7) is 2.62. The molecule has 0 aliphatic rings. The standard InChI is InChI=1S/C6H17N2OSi.K/c7-3-5-8-4-1-2-6-10-9;/h8H,1-7,10H2;/q-1;+1. The van der Waals surface area contributed by atoms with Crippen molar-refractivity contribution in [3.63, 3.8) is 0 Å². The molecule has 0 aromatic carbocycles. The minimum atomic E-state index is -0.928. The van der Waals surface area contributed by atoms with Crippen molar-refractivity contribution in [2.45, 2.75) is 18.9 Å². The quantitative estimate of drug-likeness (QED) is 0.320. The molecule has 0 fully saturated rings. The summed E-state index contributed by atoms with van der Waals surface area (Å²) in [7, 11) is -0.928. The largest absolute Gasteiger partial charge is 1.00 e. The van der Waals surface area contributed by atoms with E-state index in [-0.39, 0.29) is 51.4 Å². The van der Waals surface area contributed by atoms with Crippen LogP contribution in [0.4, 0.5) is 0 Å². The summed E-state index contributed by atoms with van der Waals surface area (Å²) in [5.74, 6) is 0. The second kappa shape index (κ2) is 14.3. The maximum atomic E-state index is 10.1. The zero-order valence-corrected chi connectivity index (χ0v) is 12.0. The molecule has 0 saturated heterocycles. The number of hydrogen-bond acceptors (Lipinski definition) is 3. The average molecular weight is 200 g/mol. The monoisotopic (exact) mass is 200 g/mol. The molecule has 0 bridgehead atoms. The van der Waals surface area contributed by atoms with Gasteiger partial charge in [0.2, 0.25) is 0 Å². The topological polar surface area (TPSA) is 61.1 Å². The van der Waals surface area contributed by atoms with Gasteiger partial charge in [-0.15, -0.1) is 0 Å². The van der Waals surface area contributed by atoms with Gasteiger partial charge in [-0.1, -0.05) is 22.2 Å². The number of hydrogen-bond donors (Lipinski definition) is 2. The van der Waals surface area contributed by atoms with Crippen molar-refractivity contribution in [2.75, 3.05) is 19.6 Å². The van der Waals surface area contributed by atoms with Gasteiger partial charge in [0.15, 0.2) is 0 Å². The van der Waals surface area contributed by atoms with Crippen LogP contribution < -0.4 is 67.2 Å². The van der Waals surface area contributed by atoms with Crippen LogP contribution in [-0.4, -0.2) is 29.4 Å². The fraction of sp³-hybridized carbons (Fsp3) is 1.00. The molecule has 0 amide bonds. The summed E-state index contributed by atoms with van der Waals surface area (Å²) < 4.78 is 0. The van der Waals surface area contributed by atoms with Crippen LogP contribution >= 0.6 is 0 Å². The van der Waals surface area contributed by atoms with Crippen LogP contribution in [0.25, 0.3) is 0 Å². The van der Waals surface area contributed by atoms with E-state index in [4.69, 9.17) is 5.73 Å². The molecular formula is C6H17KN2OSi. The Morgan fingerprint density at radius 1 is 1.27 bits per heavy atom. The molecule has 3 nitrogen and oxygen atoms in total. The molecule has 0 atom stereocenters. The Morgan fingerprint density at radius 3 is 2.55 bits per heavy atom. The van der Waals surface area contributed by atoms with Gasteiger partial charge in [0, 0.05) is 13.1 Å². The van der Waals surface area contributed by atoms with Gasteiger partial charge in [-0.05, 0) is 13.0 Å². The Morgan fingerprint density at radius 2 is 2.00 bits per heavy atom. The van der Waals surface area contributed by atoms with Crippen molar-refractivity contribution in [1.29, 1.82) is 0 Å². The summed E-state index contributed by atoms with van der Waals surface area (Å²) in [4.78, 5) is 10.1. The fourth-order valence-corrected chi connectivity index (χ4v) is 1.31. The number of unbranched alkanes of at least 4 members (excludes halogenated alkanes) is 1. The van der Waals surface area contributed by atoms with Gasteiger partial charge in [-0.2, -0.15) is 0 Å². The molecule has 0 heterocycles. The molecule has 11 heavy (non-hydrogen) atoms. The zero-order valence-electron chi connectivity index (χ0n) is 7.44. The SMILES string of the molecule is NCCNCCCC[SiH2][O-].[K+].